The summed E-state index contributed by atoms with van der Waals surface area (Å²) in [5, 5.41) is 4.36. The summed E-state index contributed by atoms with van der Waals surface area (Å²) in [5.41, 5.74) is 3.16. The van der Waals surface area contributed by atoms with Crippen LogP contribution in [-0.4, -0.2) is 47.3 Å². The molecule has 5 heteroatoms. The minimum absolute atomic E-state index is 0.265. The van der Waals surface area contributed by atoms with Crippen LogP contribution in [0.25, 0.3) is 0 Å². The second kappa shape index (κ2) is 6.30. The van der Waals surface area contributed by atoms with Crippen LogP contribution in [0.1, 0.15) is 30.4 Å². The van der Waals surface area contributed by atoms with Crippen molar-refractivity contribution in [1.82, 2.24) is 14.7 Å². The van der Waals surface area contributed by atoms with Crippen molar-refractivity contribution in [3.63, 3.8) is 0 Å². The SMILES string of the molecule is Cc1cnn(CCCN2CCCC3(C2)C(=O)N(C)c2ccccc23)c1. The molecule has 1 spiro atoms. The minimum atomic E-state index is -0.341. The molecule has 0 radical (unpaired) electrons. The lowest BCUT2D eigenvalue weighted by molar-refractivity contribution is -0.124. The van der Waals surface area contributed by atoms with Gasteiger partial charge < -0.3 is 9.80 Å². The van der Waals surface area contributed by atoms with Crippen molar-refractivity contribution < 1.29 is 4.79 Å². The Kier molecular flexibility index (Phi) is 4.12. The first-order valence-electron chi connectivity index (χ1n) is 9.19. The maximum absolute atomic E-state index is 13.1. The fraction of sp³-hybridized carbons (Fsp3) is 0.500. The van der Waals surface area contributed by atoms with E-state index in [1.54, 1.807) is 0 Å². The van der Waals surface area contributed by atoms with E-state index >= 15 is 0 Å². The molecule has 1 atom stereocenters. The number of fused-ring (bicyclic) bond motifs is 2. The second-order valence-corrected chi connectivity index (χ2v) is 7.48. The first-order valence-corrected chi connectivity index (χ1v) is 9.19. The molecular formula is C20H26N4O. The van der Waals surface area contributed by atoms with Crippen LogP contribution < -0.4 is 4.90 Å². The highest BCUT2D eigenvalue weighted by atomic mass is 16.2. The molecule has 4 rings (SSSR count). The number of nitrogens with zero attached hydrogens (tertiary/aromatic N) is 4. The molecule has 0 aliphatic carbocycles. The molecule has 25 heavy (non-hydrogen) atoms. The molecular weight excluding hydrogens is 312 g/mol. The largest absolute Gasteiger partial charge is 0.314 e. The van der Waals surface area contributed by atoms with Gasteiger partial charge >= 0.3 is 0 Å². The summed E-state index contributed by atoms with van der Waals surface area (Å²) in [5.74, 6) is 0.265. The number of amides is 1. The van der Waals surface area contributed by atoms with Gasteiger partial charge in [-0.1, -0.05) is 18.2 Å². The highest BCUT2D eigenvalue weighted by molar-refractivity contribution is 6.08. The van der Waals surface area contributed by atoms with Gasteiger partial charge in [0.25, 0.3) is 0 Å². The molecule has 132 valence electrons. The van der Waals surface area contributed by atoms with Crippen molar-refractivity contribution in [1.29, 1.82) is 0 Å². The van der Waals surface area contributed by atoms with Crippen LogP contribution in [0.5, 0.6) is 0 Å². The average Bonchev–Trinajstić information content (AvgIpc) is 3.12. The van der Waals surface area contributed by atoms with Gasteiger partial charge in [0.05, 0.1) is 11.6 Å². The summed E-state index contributed by atoms with van der Waals surface area (Å²) >= 11 is 0. The average molecular weight is 338 g/mol. The molecule has 2 aliphatic heterocycles. The van der Waals surface area contributed by atoms with Gasteiger partial charge in [0.1, 0.15) is 0 Å². The standard InChI is InChI=1S/C20H26N4O/c1-16-13-21-24(14-16)12-6-11-23-10-5-9-20(15-23)17-7-3-4-8-18(17)22(2)19(20)25/h3-4,7-8,13-14H,5-6,9-12,15H2,1-2H3. The zero-order chi connectivity index (χ0) is 17.4. The Morgan fingerprint density at radius 1 is 1.24 bits per heavy atom. The molecule has 0 bridgehead atoms. The molecule has 1 aromatic carbocycles. The molecule has 1 saturated heterocycles. The van der Waals surface area contributed by atoms with Gasteiger partial charge in [0.2, 0.25) is 5.91 Å². The minimum Gasteiger partial charge on any atom is -0.314 e. The predicted octanol–water partition coefficient (Wildman–Crippen LogP) is 2.59. The molecule has 2 aromatic rings. The summed E-state index contributed by atoms with van der Waals surface area (Å²) in [7, 11) is 1.91. The number of aryl methyl sites for hydroxylation is 2. The van der Waals surface area contributed by atoms with E-state index in [-0.39, 0.29) is 11.3 Å². The van der Waals surface area contributed by atoms with Crippen molar-refractivity contribution in [3.05, 3.63) is 47.8 Å². The molecule has 2 aliphatic rings. The Morgan fingerprint density at radius 3 is 2.88 bits per heavy atom. The van der Waals surface area contributed by atoms with Crippen LogP contribution in [0, 0.1) is 6.92 Å². The van der Waals surface area contributed by atoms with Gasteiger partial charge in [-0.05, 0) is 56.5 Å². The fourth-order valence-electron chi connectivity index (χ4n) is 4.49. The maximum atomic E-state index is 13.1. The fourth-order valence-corrected chi connectivity index (χ4v) is 4.49. The van der Waals surface area contributed by atoms with Crippen LogP contribution in [0.3, 0.4) is 0 Å². The molecule has 0 saturated carbocycles. The summed E-state index contributed by atoms with van der Waals surface area (Å²) in [6.45, 7) is 5.93. The monoisotopic (exact) mass is 338 g/mol. The zero-order valence-electron chi connectivity index (χ0n) is 15.1. The number of hydrogen-bond donors (Lipinski definition) is 0. The Labute approximate surface area is 149 Å². The number of hydrogen-bond acceptors (Lipinski definition) is 3. The van der Waals surface area contributed by atoms with Gasteiger partial charge in [0.15, 0.2) is 0 Å². The highest BCUT2D eigenvalue weighted by Crippen LogP contribution is 2.46. The topological polar surface area (TPSA) is 41.4 Å². The second-order valence-electron chi connectivity index (χ2n) is 7.48. The van der Waals surface area contributed by atoms with E-state index in [9.17, 15) is 4.79 Å². The van der Waals surface area contributed by atoms with E-state index in [2.05, 4.69) is 41.3 Å². The normalized spacial score (nSPS) is 23.4. The number of benzene rings is 1. The zero-order valence-corrected chi connectivity index (χ0v) is 15.1. The lowest BCUT2D eigenvalue weighted by atomic mass is 9.75. The Hall–Kier alpha value is -2.14. The van der Waals surface area contributed by atoms with E-state index in [1.165, 1.54) is 11.1 Å². The van der Waals surface area contributed by atoms with Crippen LogP contribution in [0.15, 0.2) is 36.7 Å². The van der Waals surface area contributed by atoms with Crippen molar-refractivity contribution in [2.45, 2.75) is 38.1 Å². The highest BCUT2D eigenvalue weighted by Gasteiger charge is 2.51. The Morgan fingerprint density at radius 2 is 2.08 bits per heavy atom. The molecule has 1 aromatic heterocycles. The molecule has 3 heterocycles. The first kappa shape index (κ1) is 16.3. The molecule has 1 amide bonds. The van der Waals surface area contributed by atoms with Crippen molar-refractivity contribution in [2.75, 3.05) is 31.6 Å². The number of likely N-dealkylation sites (tertiary alicyclic amines) is 1. The number of likely N-dealkylation sites (N-methyl/N-ethyl adjacent to an activating group) is 1. The number of aromatic nitrogens is 2. The number of rotatable bonds is 4. The summed E-state index contributed by atoms with van der Waals surface area (Å²) in [4.78, 5) is 17.4. The quantitative estimate of drug-likeness (QED) is 0.860. The third-order valence-electron chi connectivity index (χ3n) is 5.69. The number of para-hydroxylation sites is 1. The van der Waals surface area contributed by atoms with Crippen LogP contribution >= 0.6 is 0 Å². The van der Waals surface area contributed by atoms with Gasteiger partial charge in [-0.3, -0.25) is 9.48 Å². The lowest BCUT2D eigenvalue weighted by Gasteiger charge is -2.39. The van der Waals surface area contributed by atoms with Gasteiger partial charge in [-0.2, -0.15) is 5.10 Å². The summed E-state index contributed by atoms with van der Waals surface area (Å²) < 4.78 is 2.01. The third-order valence-corrected chi connectivity index (χ3v) is 5.69. The van der Waals surface area contributed by atoms with E-state index in [4.69, 9.17) is 0 Å². The maximum Gasteiger partial charge on any atom is 0.238 e. The molecule has 1 unspecified atom stereocenters. The Balaban J connectivity index is 1.46. The van der Waals surface area contributed by atoms with Gasteiger partial charge in [-0.15, -0.1) is 0 Å². The van der Waals surface area contributed by atoms with Crippen LogP contribution in [0.4, 0.5) is 5.69 Å². The predicted molar refractivity (Wildman–Crippen MR) is 98.8 cm³/mol. The number of carbonyl (C=O) groups is 1. The summed E-state index contributed by atoms with van der Waals surface area (Å²) in [6, 6.07) is 8.30. The van der Waals surface area contributed by atoms with Crippen LogP contribution in [-0.2, 0) is 16.8 Å². The van der Waals surface area contributed by atoms with Gasteiger partial charge in [0, 0.05) is 32.0 Å². The summed E-state index contributed by atoms with van der Waals surface area (Å²) in [6.07, 6.45) is 7.09. The van der Waals surface area contributed by atoms with Crippen molar-refractivity contribution >= 4 is 11.6 Å². The van der Waals surface area contributed by atoms with Crippen molar-refractivity contribution in [3.8, 4) is 0 Å². The Bertz CT molecular complexity index is 784. The molecule has 1 fully saturated rings. The van der Waals surface area contributed by atoms with E-state index < -0.39 is 0 Å². The number of carbonyl (C=O) groups excluding carboxylic acids is 1. The third kappa shape index (κ3) is 2.76. The smallest absolute Gasteiger partial charge is 0.238 e. The van der Waals surface area contributed by atoms with Crippen molar-refractivity contribution in [2.24, 2.45) is 0 Å². The lowest BCUT2D eigenvalue weighted by Crippen LogP contribution is -2.51. The van der Waals surface area contributed by atoms with E-state index in [1.807, 2.05) is 28.9 Å². The van der Waals surface area contributed by atoms with Gasteiger partial charge in [-0.25, -0.2) is 0 Å². The molecule has 0 N–H and O–H groups in total. The number of anilines is 1. The molecule has 5 nitrogen and oxygen atoms in total. The van der Waals surface area contributed by atoms with Crippen LogP contribution in [0.2, 0.25) is 0 Å². The number of piperidine rings is 1. The first-order chi connectivity index (χ1) is 12.1. The van der Waals surface area contributed by atoms with E-state index in [0.29, 0.717) is 0 Å². The van der Waals surface area contributed by atoms with E-state index in [0.717, 1.165) is 51.1 Å².